The van der Waals surface area contributed by atoms with Gasteiger partial charge in [0.25, 0.3) is 0 Å². The fourth-order valence-electron chi connectivity index (χ4n) is 6.20. The van der Waals surface area contributed by atoms with E-state index in [9.17, 15) is 14.7 Å². The zero-order valence-corrected chi connectivity index (χ0v) is 27.3. The molecule has 0 spiro atoms. The largest absolute Gasteiger partial charge is 0.497 e. The molecule has 5 aromatic rings. The molecule has 4 bridgehead atoms. The third-order valence-electron chi connectivity index (χ3n) is 8.73. The number of fused-ring (bicyclic) bond motifs is 5. The van der Waals surface area contributed by atoms with Crippen molar-refractivity contribution in [3.63, 3.8) is 0 Å². The zero-order chi connectivity index (χ0) is 33.9. The Bertz CT molecular complexity index is 1970. The molecule has 0 fully saturated rings. The Morgan fingerprint density at radius 3 is 2.31 bits per heavy atom. The van der Waals surface area contributed by atoms with Gasteiger partial charge in [0.1, 0.15) is 23.6 Å². The van der Waals surface area contributed by atoms with Crippen LogP contribution in [0.2, 0.25) is 0 Å². The number of aromatic nitrogens is 4. The first-order valence-corrected chi connectivity index (χ1v) is 16.2. The number of ether oxygens (including phenoxy) is 5. The fraction of sp³-hybridized carbons (Fsp3) is 0.333. The number of nitrogens with zero attached hydrogens (tertiary/aromatic N) is 4. The van der Waals surface area contributed by atoms with Crippen molar-refractivity contribution in [3.8, 4) is 29.0 Å². The maximum Gasteiger partial charge on any atom is 0.348 e. The third-order valence-corrected chi connectivity index (χ3v) is 8.73. The van der Waals surface area contributed by atoms with Crippen molar-refractivity contribution in [1.82, 2.24) is 19.5 Å². The summed E-state index contributed by atoms with van der Waals surface area (Å²) in [4.78, 5) is 40.1. The van der Waals surface area contributed by atoms with Gasteiger partial charge in [0.2, 0.25) is 6.10 Å². The minimum Gasteiger partial charge on any atom is -0.497 e. The summed E-state index contributed by atoms with van der Waals surface area (Å²) in [6, 6.07) is 19.5. The number of methoxy groups -OCH3 is 2. The number of imidazole rings is 1. The molecule has 2 aliphatic rings. The van der Waals surface area contributed by atoms with E-state index in [1.54, 1.807) is 24.9 Å². The number of aliphatic carboxylic acids is 1. The number of anilines is 1. The second kappa shape index (κ2) is 13.8. The first-order chi connectivity index (χ1) is 23.9. The number of carbonyl (C=O) groups is 1. The molecule has 2 aliphatic heterocycles. The molecule has 1 atom stereocenters. The van der Waals surface area contributed by atoms with E-state index >= 15 is 0 Å². The van der Waals surface area contributed by atoms with E-state index in [1.165, 1.54) is 0 Å². The summed E-state index contributed by atoms with van der Waals surface area (Å²) in [5.74, 6) is 1.83. The average molecular weight is 668 g/mol. The van der Waals surface area contributed by atoms with Crippen LogP contribution in [0, 0.1) is 0 Å². The highest BCUT2D eigenvalue weighted by molar-refractivity contribution is 5.84. The van der Waals surface area contributed by atoms with Crippen molar-refractivity contribution in [2.45, 2.75) is 51.4 Å². The molecule has 254 valence electrons. The molecule has 13 nitrogen and oxygen atoms in total. The summed E-state index contributed by atoms with van der Waals surface area (Å²) < 4.78 is 30.2. The second-order valence-corrected chi connectivity index (χ2v) is 12.1. The van der Waals surface area contributed by atoms with Crippen molar-refractivity contribution >= 4 is 23.0 Å². The number of aromatic amines is 1. The Morgan fingerprint density at radius 1 is 0.959 bits per heavy atom. The van der Waals surface area contributed by atoms with Gasteiger partial charge in [-0.25, -0.2) is 9.59 Å². The van der Waals surface area contributed by atoms with Gasteiger partial charge in [0.05, 0.1) is 27.4 Å². The topological polar surface area (TPSA) is 150 Å². The normalized spacial score (nSPS) is 15.7. The van der Waals surface area contributed by atoms with Gasteiger partial charge in [0, 0.05) is 13.1 Å². The van der Waals surface area contributed by atoms with Gasteiger partial charge in [-0.05, 0) is 78.3 Å². The quantitative estimate of drug-likeness (QED) is 0.237. The molecular weight excluding hydrogens is 630 g/mol. The lowest BCUT2D eigenvalue weighted by Gasteiger charge is -2.27. The van der Waals surface area contributed by atoms with Crippen molar-refractivity contribution in [3.05, 3.63) is 93.4 Å². The van der Waals surface area contributed by atoms with Crippen LogP contribution in [-0.4, -0.2) is 64.1 Å². The summed E-state index contributed by atoms with van der Waals surface area (Å²) in [5.41, 5.74) is 4.16. The molecule has 0 saturated carbocycles. The van der Waals surface area contributed by atoms with Crippen LogP contribution < -0.4 is 34.3 Å². The van der Waals surface area contributed by atoms with Crippen LogP contribution in [-0.2, 0) is 30.8 Å². The number of H-pyrrole nitrogens is 1. The molecule has 4 heterocycles. The number of nitrogens with one attached hydrogen (secondary N) is 1. The number of carboxylic acids is 1. The minimum absolute atomic E-state index is 0.0730. The standard InChI is InChI=1S/C36H37N5O8/c1-45-26-11-7-22(8-12-26)18-40(19-23-9-13-27(46-2)14-10-23)32-30-33-39-35(38-32)47-15-5-3-4-6-25-16-24(20-41(33)36(44)37-30)17-28-31(25)48-21-29(49-28)34(42)43/h7-14,16-17,29H,3-6,15,18-21H2,1-2H3,(H,37,44)(H,42,43). The molecule has 13 heteroatoms. The summed E-state index contributed by atoms with van der Waals surface area (Å²) in [6.45, 7) is 1.40. The number of rotatable bonds is 8. The highest BCUT2D eigenvalue weighted by Gasteiger charge is 2.30. The van der Waals surface area contributed by atoms with Crippen LogP contribution in [0.25, 0.3) is 11.2 Å². The van der Waals surface area contributed by atoms with Crippen molar-refractivity contribution in [1.29, 1.82) is 0 Å². The summed E-state index contributed by atoms with van der Waals surface area (Å²) >= 11 is 0. The van der Waals surface area contributed by atoms with Gasteiger partial charge in [-0.2, -0.15) is 9.97 Å². The second-order valence-electron chi connectivity index (χ2n) is 12.1. The SMILES string of the molecule is COc1ccc(CN(Cc2ccc(OC)cc2)c2nc3nc4c2[nH]c(=O)n4Cc2cc(c4c(c2)OC(C(=O)O)CO4)CCCCCO3)cc1. The Hall–Kier alpha value is -5.72. The molecule has 2 aromatic heterocycles. The fourth-order valence-corrected chi connectivity index (χ4v) is 6.20. The summed E-state index contributed by atoms with van der Waals surface area (Å²) in [7, 11) is 3.26. The molecule has 0 saturated heterocycles. The Kier molecular flexibility index (Phi) is 8.97. The average Bonchev–Trinajstić information content (AvgIpc) is 3.43. The van der Waals surface area contributed by atoms with Crippen molar-refractivity contribution < 1.29 is 33.6 Å². The predicted molar refractivity (Wildman–Crippen MR) is 180 cm³/mol. The van der Waals surface area contributed by atoms with Gasteiger partial charge in [-0.15, -0.1) is 0 Å². The smallest absolute Gasteiger partial charge is 0.348 e. The number of hydrogen-bond acceptors (Lipinski definition) is 10. The predicted octanol–water partition coefficient (Wildman–Crippen LogP) is 4.72. The van der Waals surface area contributed by atoms with E-state index in [4.69, 9.17) is 33.7 Å². The van der Waals surface area contributed by atoms with E-state index in [1.807, 2.05) is 54.6 Å². The molecule has 3 aromatic carbocycles. The van der Waals surface area contributed by atoms with Crippen LogP contribution in [0.3, 0.4) is 0 Å². The zero-order valence-electron chi connectivity index (χ0n) is 27.3. The third kappa shape index (κ3) is 6.82. The molecule has 49 heavy (non-hydrogen) atoms. The lowest BCUT2D eigenvalue weighted by Crippen LogP contribution is -2.36. The Labute approximate surface area is 282 Å². The van der Waals surface area contributed by atoms with Gasteiger partial charge >= 0.3 is 17.7 Å². The van der Waals surface area contributed by atoms with Gasteiger partial charge in [-0.1, -0.05) is 30.3 Å². The van der Waals surface area contributed by atoms with Crippen LogP contribution in [0.1, 0.15) is 41.5 Å². The summed E-state index contributed by atoms with van der Waals surface area (Å²) in [6.07, 6.45) is 2.07. The monoisotopic (exact) mass is 667 g/mol. The number of carboxylic acid groups (broad SMARTS) is 1. The first-order valence-electron chi connectivity index (χ1n) is 16.2. The lowest BCUT2D eigenvalue weighted by atomic mass is 10.0. The molecule has 0 aliphatic carbocycles. The van der Waals surface area contributed by atoms with Gasteiger partial charge in [-0.3, -0.25) is 4.57 Å². The first kappa shape index (κ1) is 31.9. The summed E-state index contributed by atoms with van der Waals surface area (Å²) in [5, 5.41) is 9.58. The minimum atomic E-state index is -1.12. The highest BCUT2D eigenvalue weighted by Crippen LogP contribution is 2.38. The van der Waals surface area contributed by atoms with Crippen LogP contribution in [0.4, 0.5) is 5.82 Å². The molecule has 1 unspecified atom stereocenters. The Balaban J connectivity index is 1.33. The number of aryl methyl sites for hydroxylation is 1. The van der Waals surface area contributed by atoms with Crippen LogP contribution in [0.15, 0.2) is 65.5 Å². The van der Waals surface area contributed by atoms with E-state index in [-0.39, 0.29) is 24.9 Å². The van der Waals surface area contributed by atoms with Crippen LogP contribution >= 0.6 is 0 Å². The molecular formula is C36H37N5O8. The molecule has 2 N–H and O–H groups in total. The van der Waals surface area contributed by atoms with E-state index in [0.717, 1.165) is 53.0 Å². The van der Waals surface area contributed by atoms with Crippen LogP contribution in [0.5, 0.6) is 29.0 Å². The van der Waals surface area contributed by atoms with Crippen molar-refractivity contribution in [2.75, 3.05) is 32.3 Å². The molecule has 7 rings (SSSR count). The van der Waals surface area contributed by atoms with E-state index in [2.05, 4.69) is 9.88 Å². The van der Waals surface area contributed by atoms with E-state index in [0.29, 0.717) is 54.6 Å². The molecule has 0 amide bonds. The maximum absolute atomic E-state index is 13.7. The van der Waals surface area contributed by atoms with E-state index < -0.39 is 12.1 Å². The number of hydrogen-bond donors (Lipinski definition) is 2. The van der Waals surface area contributed by atoms with Gasteiger partial charge < -0.3 is 38.7 Å². The molecule has 0 radical (unpaired) electrons. The van der Waals surface area contributed by atoms with Gasteiger partial charge in [0.15, 0.2) is 23.0 Å². The highest BCUT2D eigenvalue weighted by atomic mass is 16.6. The lowest BCUT2D eigenvalue weighted by molar-refractivity contribution is -0.147. The maximum atomic E-state index is 13.7. The number of benzene rings is 3. The Morgan fingerprint density at radius 2 is 1.65 bits per heavy atom. The van der Waals surface area contributed by atoms with Crippen molar-refractivity contribution in [2.24, 2.45) is 0 Å².